The molecular formula is C12H15FN2O2. The maximum Gasteiger partial charge on any atom is 0.270 e. The summed E-state index contributed by atoms with van der Waals surface area (Å²) in [5, 5.41) is 13.6. The average molecular weight is 238 g/mol. The summed E-state index contributed by atoms with van der Waals surface area (Å²) in [6.07, 6.45) is 1.61. The molecule has 0 radical (unpaired) electrons. The van der Waals surface area contributed by atoms with Crippen LogP contribution in [-0.2, 0) is 0 Å². The number of likely N-dealkylation sites (N-methyl/N-ethyl adjacent to an activating group) is 1. The second kappa shape index (κ2) is 5.54. The summed E-state index contributed by atoms with van der Waals surface area (Å²) in [5.41, 5.74) is 1.04. The largest absolute Gasteiger partial charge is 0.314 e. The van der Waals surface area contributed by atoms with Gasteiger partial charge in [0.05, 0.1) is 4.92 Å². The third kappa shape index (κ3) is 3.35. The number of nitrogens with zero attached hydrogens (tertiary/aromatic N) is 1. The van der Waals surface area contributed by atoms with E-state index >= 15 is 0 Å². The zero-order chi connectivity index (χ0) is 13.0. The molecule has 0 aliphatic carbocycles. The number of nitro groups is 1. The molecule has 4 nitrogen and oxygen atoms in total. The van der Waals surface area contributed by atoms with Crippen molar-refractivity contribution in [3.8, 4) is 0 Å². The highest BCUT2D eigenvalue weighted by Crippen LogP contribution is 2.19. The number of hydrogen-bond donors (Lipinski definition) is 1. The highest BCUT2D eigenvalue weighted by molar-refractivity contribution is 5.57. The Bertz CT molecular complexity index is 458. The van der Waals surface area contributed by atoms with Crippen molar-refractivity contribution >= 4 is 11.8 Å². The number of nitrogens with one attached hydrogen (secondary N) is 1. The average Bonchev–Trinajstić information content (AvgIpc) is 2.30. The normalized spacial score (nSPS) is 13.5. The van der Waals surface area contributed by atoms with Crippen LogP contribution in [0.5, 0.6) is 0 Å². The fourth-order valence-corrected chi connectivity index (χ4v) is 1.35. The second-order valence-electron chi connectivity index (χ2n) is 3.86. The van der Waals surface area contributed by atoms with Gasteiger partial charge in [0.1, 0.15) is 5.82 Å². The minimum absolute atomic E-state index is 0.0914. The van der Waals surface area contributed by atoms with Crippen molar-refractivity contribution in [1.29, 1.82) is 0 Å². The van der Waals surface area contributed by atoms with Gasteiger partial charge in [-0.05, 0) is 27.0 Å². The molecule has 0 spiro atoms. The van der Waals surface area contributed by atoms with Crippen LogP contribution in [0.2, 0.25) is 0 Å². The Hall–Kier alpha value is -1.75. The van der Waals surface area contributed by atoms with E-state index in [4.69, 9.17) is 0 Å². The predicted molar refractivity (Wildman–Crippen MR) is 65.2 cm³/mol. The zero-order valence-corrected chi connectivity index (χ0v) is 10.0. The molecule has 1 rings (SSSR count). The molecule has 92 valence electrons. The lowest BCUT2D eigenvalue weighted by Crippen LogP contribution is -2.22. The van der Waals surface area contributed by atoms with Crippen LogP contribution in [0.3, 0.4) is 0 Å². The van der Waals surface area contributed by atoms with Crippen molar-refractivity contribution in [3.05, 3.63) is 45.3 Å². The van der Waals surface area contributed by atoms with E-state index in [1.807, 2.05) is 13.8 Å². The minimum atomic E-state index is -0.534. The lowest BCUT2D eigenvalue weighted by Gasteiger charge is -2.10. The molecule has 5 heteroatoms. The minimum Gasteiger partial charge on any atom is -0.314 e. The Morgan fingerprint density at radius 1 is 1.59 bits per heavy atom. The Balaban J connectivity index is 3.13. The van der Waals surface area contributed by atoms with Gasteiger partial charge in [-0.25, -0.2) is 4.39 Å². The van der Waals surface area contributed by atoms with Crippen LogP contribution in [0, 0.1) is 15.9 Å². The van der Waals surface area contributed by atoms with Gasteiger partial charge in [-0.2, -0.15) is 0 Å². The summed E-state index contributed by atoms with van der Waals surface area (Å²) >= 11 is 0. The van der Waals surface area contributed by atoms with Crippen LogP contribution in [0.4, 0.5) is 10.1 Å². The smallest absolute Gasteiger partial charge is 0.270 e. The van der Waals surface area contributed by atoms with Gasteiger partial charge < -0.3 is 5.32 Å². The van der Waals surface area contributed by atoms with E-state index in [1.54, 1.807) is 13.1 Å². The molecule has 1 aromatic carbocycles. The molecule has 0 heterocycles. The van der Waals surface area contributed by atoms with Gasteiger partial charge >= 0.3 is 0 Å². The third-order valence-electron chi connectivity index (χ3n) is 2.69. The zero-order valence-electron chi connectivity index (χ0n) is 10.0. The van der Waals surface area contributed by atoms with Crippen molar-refractivity contribution in [2.75, 3.05) is 7.05 Å². The number of non-ortho nitro benzene ring substituents is 1. The van der Waals surface area contributed by atoms with Crippen LogP contribution >= 0.6 is 0 Å². The van der Waals surface area contributed by atoms with Crippen molar-refractivity contribution in [2.24, 2.45) is 0 Å². The van der Waals surface area contributed by atoms with Gasteiger partial charge in [-0.3, -0.25) is 10.1 Å². The van der Waals surface area contributed by atoms with Crippen molar-refractivity contribution in [2.45, 2.75) is 19.9 Å². The van der Waals surface area contributed by atoms with E-state index in [0.29, 0.717) is 0 Å². The number of rotatable bonds is 4. The number of nitro benzene ring substituents is 1. The monoisotopic (exact) mass is 238 g/mol. The van der Waals surface area contributed by atoms with E-state index in [9.17, 15) is 14.5 Å². The number of halogens is 1. The van der Waals surface area contributed by atoms with E-state index < -0.39 is 10.7 Å². The maximum atomic E-state index is 13.5. The molecule has 0 aromatic heterocycles. The van der Waals surface area contributed by atoms with E-state index in [1.165, 1.54) is 6.07 Å². The van der Waals surface area contributed by atoms with E-state index in [-0.39, 0.29) is 17.3 Å². The molecule has 0 saturated carbocycles. The van der Waals surface area contributed by atoms with Crippen LogP contribution in [0.15, 0.2) is 23.8 Å². The predicted octanol–water partition coefficient (Wildman–Crippen LogP) is 2.75. The molecule has 1 unspecified atom stereocenters. The van der Waals surface area contributed by atoms with Crippen molar-refractivity contribution < 1.29 is 9.31 Å². The lowest BCUT2D eigenvalue weighted by atomic mass is 10.1. The Kier molecular flexibility index (Phi) is 4.34. The summed E-state index contributed by atoms with van der Waals surface area (Å²) < 4.78 is 13.5. The van der Waals surface area contributed by atoms with Crippen LogP contribution in [0.1, 0.15) is 19.4 Å². The highest BCUT2D eigenvalue weighted by atomic mass is 19.1. The summed E-state index contributed by atoms with van der Waals surface area (Å²) in [5.74, 6) is -0.460. The lowest BCUT2D eigenvalue weighted by molar-refractivity contribution is -0.384. The SMILES string of the molecule is CNC(C)/C(C)=C/c1cc([N+](=O)[O-])ccc1F. The molecule has 1 atom stereocenters. The molecule has 0 fully saturated rings. The number of benzene rings is 1. The maximum absolute atomic E-state index is 13.5. The Labute approximate surface area is 99.3 Å². The highest BCUT2D eigenvalue weighted by Gasteiger charge is 2.10. The van der Waals surface area contributed by atoms with Crippen LogP contribution in [-0.4, -0.2) is 18.0 Å². The molecule has 17 heavy (non-hydrogen) atoms. The van der Waals surface area contributed by atoms with Gasteiger partial charge in [0.25, 0.3) is 5.69 Å². The van der Waals surface area contributed by atoms with E-state index in [0.717, 1.165) is 17.7 Å². The van der Waals surface area contributed by atoms with Crippen LogP contribution in [0.25, 0.3) is 6.08 Å². The molecule has 0 bridgehead atoms. The van der Waals surface area contributed by atoms with Gasteiger partial charge in [-0.1, -0.05) is 11.6 Å². The molecular weight excluding hydrogens is 223 g/mol. The first-order valence-electron chi connectivity index (χ1n) is 5.25. The molecule has 1 aromatic rings. The van der Waals surface area contributed by atoms with Crippen LogP contribution < -0.4 is 5.32 Å². The first-order valence-corrected chi connectivity index (χ1v) is 5.25. The van der Waals surface area contributed by atoms with Gasteiger partial charge in [0.15, 0.2) is 0 Å². The second-order valence-corrected chi connectivity index (χ2v) is 3.86. The first kappa shape index (κ1) is 13.3. The summed E-state index contributed by atoms with van der Waals surface area (Å²) in [7, 11) is 1.80. The Morgan fingerprint density at radius 3 is 2.76 bits per heavy atom. The summed E-state index contributed by atoms with van der Waals surface area (Å²) in [4.78, 5) is 10.1. The standard InChI is InChI=1S/C12H15FN2O2/c1-8(9(2)14-3)6-10-7-11(15(16)17)4-5-12(10)13/h4-7,9,14H,1-3H3/b8-6+. The first-order chi connectivity index (χ1) is 7.95. The van der Waals surface area contributed by atoms with Crippen molar-refractivity contribution in [1.82, 2.24) is 5.32 Å². The Morgan fingerprint density at radius 2 is 2.24 bits per heavy atom. The quantitative estimate of drug-likeness (QED) is 0.648. The fourth-order valence-electron chi connectivity index (χ4n) is 1.35. The topological polar surface area (TPSA) is 55.2 Å². The molecule has 1 N–H and O–H groups in total. The molecule has 0 aliphatic heterocycles. The van der Waals surface area contributed by atoms with E-state index in [2.05, 4.69) is 5.32 Å². The molecule has 0 aliphatic rings. The van der Waals surface area contributed by atoms with Crippen molar-refractivity contribution in [3.63, 3.8) is 0 Å². The van der Waals surface area contributed by atoms with Gasteiger partial charge in [0, 0.05) is 23.7 Å². The number of hydrogen-bond acceptors (Lipinski definition) is 3. The van der Waals surface area contributed by atoms with Gasteiger partial charge in [0.2, 0.25) is 0 Å². The molecule has 0 amide bonds. The summed E-state index contributed by atoms with van der Waals surface area (Å²) in [6, 6.07) is 3.60. The summed E-state index contributed by atoms with van der Waals surface area (Å²) in [6.45, 7) is 3.78. The van der Waals surface area contributed by atoms with Gasteiger partial charge in [-0.15, -0.1) is 0 Å². The fraction of sp³-hybridized carbons (Fsp3) is 0.333. The third-order valence-corrected chi connectivity index (χ3v) is 2.69. The molecule has 0 saturated heterocycles.